The molecular weight excluding hydrogens is 134 g/mol. The summed E-state index contributed by atoms with van der Waals surface area (Å²) in [6.07, 6.45) is 2.46. The van der Waals surface area contributed by atoms with Gasteiger partial charge in [-0.25, -0.2) is 0 Å². The zero-order chi connectivity index (χ0) is 8.85. The van der Waals surface area contributed by atoms with E-state index >= 15 is 0 Å². The van der Waals surface area contributed by atoms with Gasteiger partial charge in [0, 0.05) is 6.04 Å². The molecule has 0 aromatic rings. The van der Waals surface area contributed by atoms with Gasteiger partial charge in [-0.15, -0.1) is 0 Å². The lowest BCUT2D eigenvalue weighted by molar-refractivity contribution is 0.389. The Morgan fingerprint density at radius 2 is 1.82 bits per heavy atom. The Labute approximate surface area is 70.9 Å². The molecule has 1 atom stereocenters. The van der Waals surface area contributed by atoms with Crippen LogP contribution in [0.1, 0.15) is 33.6 Å². The van der Waals surface area contributed by atoms with Crippen LogP contribution in [0.15, 0.2) is 12.2 Å². The number of hydrogen-bond acceptors (Lipinski definition) is 1. The molecule has 0 aliphatic carbocycles. The second kappa shape index (κ2) is 5.36. The minimum Gasteiger partial charge on any atom is -0.313 e. The SMILES string of the molecule is C=C(C)C(NC)C(CC)CC. The molecule has 0 rings (SSSR count). The van der Waals surface area contributed by atoms with Crippen molar-refractivity contribution in [2.75, 3.05) is 7.05 Å². The van der Waals surface area contributed by atoms with E-state index in [-0.39, 0.29) is 0 Å². The van der Waals surface area contributed by atoms with Crippen LogP contribution in [0.5, 0.6) is 0 Å². The molecule has 0 aromatic heterocycles. The highest BCUT2D eigenvalue weighted by atomic mass is 14.9. The molecule has 0 saturated heterocycles. The van der Waals surface area contributed by atoms with Crippen LogP contribution in [0, 0.1) is 5.92 Å². The number of hydrogen-bond donors (Lipinski definition) is 1. The van der Waals surface area contributed by atoms with Crippen molar-refractivity contribution in [1.29, 1.82) is 0 Å². The predicted molar refractivity (Wildman–Crippen MR) is 51.7 cm³/mol. The Kier molecular flexibility index (Phi) is 5.22. The second-order valence-corrected chi connectivity index (χ2v) is 3.19. The molecule has 0 aromatic carbocycles. The first kappa shape index (κ1) is 10.7. The molecule has 0 bridgehead atoms. The fourth-order valence-electron chi connectivity index (χ4n) is 1.64. The van der Waals surface area contributed by atoms with Gasteiger partial charge in [-0.1, -0.05) is 38.8 Å². The molecule has 0 heterocycles. The average molecular weight is 155 g/mol. The van der Waals surface area contributed by atoms with E-state index in [1.54, 1.807) is 0 Å². The Morgan fingerprint density at radius 3 is 1.91 bits per heavy atom. The van der Waals surface area contributed by atoms with Crippen molar-refractivity contribution >= 4 is 0 Å². The summed E-state index contributed by atoms with van der Waals surface area (Å²) in [6.45, 7) is 10.6. The topological polar surface area (TPSA) is 12.0 Å². The standard InChI is InChI=1S/C10H21N/c1-6-9(7-2)10(11-5)8(3)4/h9-11H,3,6-7H2,1-2,4-5H3. The van der Waals surface area contributed by atoms with Gasteiger partial charge in [0.05, 0.1) is 0 Å². The molecule has 1 N–H and O–H groups in total. The first-order chi connectivity index (χ1) is 5.17. The molecule has 0 saturated carbocycles. The molecule has 1 unspecified atom stereocenters. The normalized spacial score (nSPS) is 13.5. The highest BCUT2D eigenvalue weighted by Crippen LogP contribution is 2.17. The highest BCUT2D eigenvalue weighted by molar-refractivity contribution is 5.03. The van der Waals surface area contributed by atoms with Gasteiger partial charge in [0.25, 0.3) is 0 Å². The van der Waals surface area contributed by atoms with Crippen molar-refractivity contribution in [3.8, 4) is 0 Å². The minimum atomic E-state index is 0.505. The molecule has 1 nitrogen and oxygen atoms in total. The molecule has 0 fully saturated rings. The van der Waals surface area contributed by atoms with Crippen LogP contribution in [0.2, 0.25) is 0 Å². The predicted octanol–water partition coefficient (Wildman–Crippen LogP) is 2.59. The fraction of sp³-hybridized carbons (Fsp3) is 0.800. The van der Waals surface area contributed by atoms with Crippen LogP contribution < -0.4 is 5.32 Å². The van der Waals surface area contributed by atoms with Gasteiger partial charge < -0.3 is 5.32 Å². The Bertz CT molecular complexity index is 114. The molecule has 11 heavy (non-hydrogen) atoms. The summed E-state index contributed by atoms with van der Waals surface area (Å²) >= 11 is 0. The third-order valence-corrected chi connectivity index (χ3v) is 2.36. The molecule has 0 aliphatic rings. The summed E-state index contributed by atoms with van der Waals surface area (Å²) in [5.74, 6) is 0.748. The number of rotatable bonds is 5. The van der Waals surface area contributed by atoms with Crippen molar-refractivity contribution < 1.29 is 0 Å². The van der Waals surface area contributed by atoms with Gasteiger partial charge in [-0.05, 0) is 19.9 Å². The van der Waals surface area contributed by atoms with Crippen LogP contribution >= 0.6 is 0 Å². The monoisotopic (exact) mass is 155 g/mol. The van der Waals surface area contributed by atoms with Gasteiger partial charge in [-0.2, -0.15) is 0 Å². The Balaban J connectivity index is 4.09. The maximum absolute atomic E-state index is 3.98. The van der Waals surface area contributed by atoms with Crippen LogP contribution in [0.4, 0.5) is 0 Å². The van der Waals surface area contributed by atoms with Crippen LogP contribution in [-0.2, 0) is 0 Å². The summed E-state index contributed by atoms with van der Waals surface area (Å²) in [7, 11) is 2.01. The molecular formula is C10H21N. The van der Waals surface area contributed by atoms with Crippen molar-refractivity contribution in [3.63, 3.8) is 0 Å². The van der Waals surface area contributed by atoms with E-state index in [0.717, 1.165) is 5.92 Å². The van der Waals surface area contributed by atoms with Crippen molar-refractivity contribution in [2.24, 2.45) is 5.92 Å². The zero-order valence-corrected chi connectivity index (χ0v) is 8.28. The molecule has 0 radical (unpaired) electrons. The number of likely N-dealkylation sites (N-methyl/N-ethyl adjacent to an activating group) is 1. The van der Waals surface area contributed by atoms with E-state index < -0.39 is 0 Å². The lowest BCUT2D eigenvalue weighted by Crippen LogP contribution is -2.33. The lowest BCUT2D eigenvalue weighted by Gasteiger charge is -2.24. The van der Waals surface area contributed by atoms with Crippen LogP contribution in [0.3, 0.4) is 0 Å². The van der Waals surface area contributed by atoms with Gasteiger partial charge in [-0.3, -0.25) is 0 Å². The minimum absolute atomic E-state index is 0.505. The van der Waals surface area contributed by atoms with Gasteiger partial charge >= 0.3 is 0 Å². The van der Waals surface area contributed by atoms with Crippen LogP contribution in [-0.4, -0.2) is 13.1 Å². The van der Waals surface area contributed by atoms with Crippen molar-refractivity contribution in [1.82, 2.24) is 5.32 Å². The van der Waals surface area contributed by atoms with E-state index in [0.29, 0.717) is 6.04 Å². The molecule has 0 spiro atoms. The van der Waals surface area contributed by atoms with Crippen LogP contribution in [0.25, 0.3) is 0 Å². The summed E-state index contributed by atoms with van der Waals surface area (Å²) in [5.41, 5.74) is 1.25. The van der Waals surface area contributed by atoms with Gasteiger partial charge in [0.1, 0.15) is 0 Å². The highest BCUT2D eigenvalue weighted by Gasteiger charge is 2.16. The maximum atomic E-state index is 3.98. The molecule has 1 heteroatoms. The molecule has 66 valence electrons. The van der Waals surface area contributed by atoms with E-state index in [1.165, 1.54) is 18.4 Å². The summed E-state index contributed by atoms with van der Waals surface area (Å²) in [4.78, 5) is 0. The fourth-order valence-corrected chi connectivity index (χ4v) is 1.64. The Morgan fingerprint density at radius 1 is 1.36 bits per heavy atom. The van der Waals surface area contributed by atoms with E-state index in [4.69, 9.17) is 0 Å². The van der Waals surface area contributed by atoms with E-state index in [2.05, 4.69) is 32.7 Å². The summed E-state index contributed by atoms with van der Waals surface area (Å²) < 4.78 is 0. The third-order valence-electron chi connectivity index (χ3n) is 2.36. The number of nitrogens with one attached hydrogen (secondary N) is 1. The van der Waals surface area contributed by atoms with Gasteiger partial charge in [0.15, 0.2) is 0 Å². The average Bonchev–Trinajstić information content (AvgIpc) is 1.99. The molecule has 0 amide bonds. The second-order valence-electron chi connectivity index (χ2n) is 3.19. The van der Waals surface area contributed by atoms with Gasteiger partial charge in [0.2, 0.25) is 0 Å². The first-order valence-corrected chi connectivity index (χ1v) is 4.49. The lowest BCUT2D eigenvalue weighted by atomic mass is 9.90. The largest absolute Gasteiger partial charge is 0.313 e. The van der Waals surface area contributed by atoms with Crippen molar-refractivity contribution in [2.45, 2.75) is 39.7 Å². The summed E-state index contributed by atoms with van der Waals surface area (Å²) in [5, 5.41) is 3.30. The smallest absolute Gasteiger partial charge is 0.0299 e. The van der Waals surface area contributed by atoms with Crippen molar-refractivity contribution in [3.05, 3.63) is 12.2 Å². The van der Waals surface area contributed by atoms with E-state index in [1.807, 2.05) is 7.05 Å². The molecule has 0 aliphatic heterocycles. The van der Waals surface area contributed by atoms with E-state index in [9.17, 15) is 0 Å². The first-order valence-electron chi connectivity index (χ1n) is 4.49. The maximum Gasteiger partial charge on any atom is 0.0299 e. The zero-order valence-electron chi connectivity index (χ0n) is 8.28. The summed E-state index contributed by atoms with van der Waals surface area (Å²) in [6, 6.07) is 0.505. The quantitative estimate of drug-likeness (QED) is 0.602. The Hall–Kier alpha value is -0.300. The third kappa shape index (κ3) is 3.06.